The van der Waals surface area contributed by atoms with E-state index in [0.717, 1.165) is 22.6 Å². The smallest absolute Gasteiger partial charge is 0.253 e. The summed E-state index contributed by atoms with van der Waals surface area (Å²) in [6.45, 7) is 4.87. The summed E-state index contributed by atoms with van der Waals surface area (Å²) < 4.78 is 3.59. The maximum Gasteiger partial charge on any atom is 0.253 e. The number of rotatable bonds is 5. The van der Waals surface area contributed by atoms with E-state index in [1.807, 2.05) is 62.1 Å². The quantitative estimate of drug-likeness (QED) is 0.692. The van der Waals surface area contributed by atoms with Crippen molar-refractivity contribution >= 4 is 17.5 Å². The average molecular weight is 372 g/mol. The van der Waals surface area contributed by atoms with Crippen molar-refractivity contribution in [2.45, 2.75) is 26.9 Å². The minimum atomic E-state index is -0.0381. The average Bonchev–Trinajstić information content (AvgIpc) is 3.13. The number of halogens is 1. The molecular formula is C19H22ClN5O. The van der Waals surface area contributed by atoms with E-state index in [9.17, 15) is 4.79 Å². The Balaban J connectivity index is 1.75. The van der Waals surface area contributed by atoms with E-state index in [1.54, 1.807) is 16.6 Å². The van der Waals surface area contributed by atoms with Gasteiger partial charge in [0.25, 0.3) is 5.91 Å². The van der Waals surface area contributed by atoms with E-state index >= 15 is 0 Å². The Labute approximate surface area is 158 Å². The van der Waals surface area contributed by atoms with Gasteiger partial charge in [-0.05, 0) is 37.6 Å². The predicted molar refractivity (Wildman–Crippen MR) is 101 cm³/mol. The van der Waals surface area contributed by atoms with Gasteiger partial charge in [-0.25, -0.2) is 0 Å². The fourth-order valence-corrected chi connectivity index (χ4v) is 3.02. The molecule has 0 unspecified atom stereocenters. The van der Waals surface area contributed by atoms with Crippen LogP contribution < -0.4 is 0 Å². The van der Waals surface area contributed by atoms with Crippen molar-refractivity contribution in [1.29, 1.82) is 0 Å². The van der Waals surface area contributed by atoms with Gasteiger partial charge in [-0.3, -0.25) is 14.2 Å². The monoisotopic (exact) mass is 371 g/mol. The molecule has 26 heavy (non-hydrogen) atoms. The van der Waals surface area contributed by atoms with E-state index in [2.05, 4.69) is 10.2 Å². The molecule has 0 aliphatic rings. The van der Waals surface area contributed by atoms with E-state index in [4.69, 9.17) is 11.6 Å². The molecule has 7 heteroatoms. The third-order valence-corrected chi connectivity index (χ3v) is 4.86. The van der Waals surface area contributed by atoms with Crippen LogP contribution in [0.2, 0.25) is 5.02 Å². The molecule has 0 radical (unpaired) electrons. The van der Waals surface area contributed by atoms with Crippen molar-refractivity contribution in [3.8, 4) is 0 Å². The Morgan fingerprint density at radius 1 is 1.23 bits per heavy atom. The number of benzene rings is 1. The summed E-state index contributed by atoms with van der Waals surface area (Å²) in [7, 11) is 3.64. The van der Waals surface area contributed by atoms with Crippen LogP contribution in [0.15, 0.2) is 36.5 Å². The van der Waals surface area contributed by atoms with Gasteiger partial charge in [0.1, 0.15) is 0 Å². The summed E-state index contributed by atoms with van der Waals surface area (Å²) >= 11 is 6.21. The highest BCUT2D eigenvalue weighted by Crippen LogP contribution is 2.20. The van der Waals surface area contributed by atoms with Crippen LogP contribution in [-0.2, 0) is 20.1 Å². The zero-order valence-corrected chi connectivity index (χ0v) is 16.2. The van der Waals surface area contributed by atoms with E-state index in [-0.39, 0.29) is 5.91 Å². The molecule has 0 bridgehead atoms. The highest BCUT2D eigenvalue weighted by Gasteiger charge is 2.15. The van der Waals surface area contributed by atoms with Crippen LogP contribution in [0.25, 0.3) is 0 Å². The number of nitrogens with zero attached hydrogens (tertiary/aromatic N) is 5. The van der Waals surface area contributed by atoms with Crippen LogP contribution in [0.4, 0.5) is 0 Å². The van der Waals surface area contributed by atoms with Gasteiger partial charge in [-0.2, -0.15) is 10.2 Å². The Morgan fingerprint density at radius 2 is 2.00 bits per heavy atom. The van der Waals surface area contributed by atoms with Gasteiger partial charge in [0.05, 0.1) is 35.2 Å². The lowest BCUT2D eigenvalue weighted by molar-refractivity contribution is 0.0783. The second-order valence-corrected chi connectivity index (χ2v) is 6.86. The number of aryl methyl sites for hydroxylation is 2. The number of aromatic nitrogens is 4. The molecule has 1 aromatic carbocycles. The molecule has 3 aromatic rings. The summed E-state index contributed by atoms with van der Waals surface area (Å²) in [5.41, 5.74) is 4.24. The first-order valence-electron chi connectivity index (χ1n) is 8.37. The number of amides is 1. The van der Waals surface area contributed by atoms with E-state index < -0.39 is 0 Å². The molecule has 3 rings (SSSR count). The summed E-state index contributed by atoms with van der Waals surface area (Å²) in [6, 6.07) is 9.52. The van der Waals surface area contributed by atoms with Crippen LogP contribution in [0.3, 0.4) is 0 Å². The lowest BCUT2D eigenvalue weighted by Crippen LogP contribution is -2.26. The van der Waals surface area contributed by atoms with Crippen LogP contribution >= 0.6 is 11.6 Å². The SMILES string of the molecule is Cc1nn(Cc2cccc(C(=O)N(C)Cc3ccn(C)n3)c2)c(C)c1Cl. The molecule has 0 saturated carbocycles. The standard InChI is InChI=1S/C19H22ClN5O/c1-13-18(20)14(2)25(21-13)11-15-6-5-7-16(10-15)19(26)23(3)12-17-8-9-24(4)22-17/h5-10H,11-12H2,1-4H3. The predicted octanol–water partition coefficient (Wildman–Crippen LogP) is 3.21. The maximum atomic E-state index is 12.7. The number of carbonyl (C=O) groups is 1. The molecule has 6 nitrogen and oxygen atoms in total. The van der Waals surface area contributed by atoms with Gasteiger partial charge in [0.15, 0.2) is 0 Å². The lowest BCUT2D eigenvalue weighted by atomic mass is 10.1. The molecule has 136 valence electrons. The first-order chi connectivity index (χ1) is 12.3. The Hall–Kier alpha value is -2.60. The van der Waals surface area contributed by atoms with Crippen molar-refractivity contribution in [1.82, 2.24) is 24.5 Å². The lowest BCUT2D eigenvalue weighted by Gasteiger charge is -2.16. The van der Waals surface area contributed by atoms with E-state index in [1.165, 1.54) is 0 Å². The molecule has 0 saturated heterocycles. The molecule has 0 atom stereocenters. The highest BCUT2D eigenvalue weighted by atomic mass is 35.5. The molecule has 0 spiro atoms. The molecular weight excluding hydrogens is 350 g/mol. The third-order valence-electron chi connectivity index (χ3n) is 4.31. The summed E-state index contributed by atoms with van der Waals surface area (Å²) in [4.78, 5) is 14.4. The normalized spacial score (nSPS) is 11.0. The second-order valence-electron chi connectivity index (χ2n) is 6.48. The van der Waals surface area contributed by atoms with Crippen LogP contribution in [0.5, 0.6) is 0 Å². The van der Waals surface area contributed by atoms with Crippen molar-refractivity contribution < 1.29 is 4.79 Å². The summed E-state index contributed by atoms with van der Waals surface area (Å²) in [5.74, 6) is -0.0381. The highest BCUT2D eigenvalue weighted by molar-refractivity contribution is 6.31. The van der Waals surface area contributed by atoms with Crippen molar-refractivity contribution in [3.05, 3.63) is 69.8 Å². The summed E-state index contributed by atoms with van der Waals surface area (Å²) in [6.07, 6.45) is 1.87. The number of carbonyl (C=O) groups excluding carboxylic acids is 1. The minimum absolute atomic E-state index is 0.0381. The molecule has 0 fully saturated rings. The van der Waals surface area contributed by atoms with Crippen molar-refractivity contribution in [2.24, 2.45) is 7.05 Å². The first kappa shape index (κ1) is 18.2. The number of hydrogen-bond acceptors (Lipinski definition) is 3. The Bertz CT molecular complexity index is 943. The fraction of sp³-hybridized carbons (Fsp3) is 0.316. The molecule has 0 aliphatic carbocycles. The van der Waals surface area contributed by atoms with Crippen LogP contribution in [-0.4, -0.2) is 37.4 Å². The number of hydrogen-bond donors (Lipinski definition) is 0. The van der Waals surface area contributed by atoms with Gasteiger partial charge in [0, 0.05) is 25.9 Å². The fourth-order valence-electron chi connectivity index (χ4n) is 2.89. The minimum Gasteiger partial charge on any atom is -0.336 e. The zero-order chi connectivity index (χ0) is 18.8. The van der Waals surface area contributed by atoms with Gasteiger partial charge < -0.3 is 4.90 Å². The van der Waals surface area contributed by atoms with Gasteiger partial charge in [-0.1, -0.05) is 23.7 Å². The molecule has 0 N–H and O–H groups in total. The van der Waals surface area contributed by atoms with Crippen LogP contribution in [0.1, 0.15) is 33.0 Å². The molecule has 1 amide bonds. The largest absolute Gasteiger partial charge is 0.336 e. The van der Waals surface area contributed by atoms with Gasteiger partial charge >= 0.3 is 0 Å². The molecule has 0 aliphatic heterocycles. The van der Waals surface area contributed by atoms with Crippen molar-refractivity contribution in [3.63, 3.8) is 0 Å². The topological polar surface area (TPSA) is 56.0 Å². The van der Waals surface area contributed by atoms with Crippen LogP contribution in [0, 0.1) is 13.8 Å². The second kappa shape index (κ2) is 7.33. The molecule has 2 aromatic heterocycles. The molecule has 2 heterocycles. The van der Waals surface area contributed by atoms with Crippen molar-refractivity contribution in [2.75, 3.05) is 7.05 Å². The maximum absolute atomic E-state index is 12.7. The Morgan fingerprint density at radius 3 is 2.62 bits per heavy atom. The van der Waals surface area contributed by atoms with Gasteiger partial charge in [0.2, 0.25) is 0 Å². The van der Waals surface area contributed by atoms with E-state index in [0.29, 0.717) is 23.7 Å². The first-order valence-corrected chi connectivity index (χ1v) is 8.75. The van der Waals surface area contributed by atoms with Gasteiger partial charge in [-0.15, -0.1) is 0 Å². The third kappa shape index (κ3) is 3.80. The summed E-state index contributed by atoms with van der Waals surface area (Å²) in [5, 5.41) is 9.46. The Kier molecular flexibility index (Phi) is 5.13. The zero-order valence-electron chi connectivity index (χ0n) is 15.4.